The van der Waals surface area contributed by atoms with Crippen LogP contribution < -0.4 is 4.90 Å². The summed E-state index contributed by atoms with van der Waals surface area (Å²) in [7, 11) is 0. The van der Waals surface area contributed by atoms with Gasteiger partial charge in [-0.2, -0.15) is 0 Å². The van der Waals surface area contributed by atoms with Crippen LogP contribution in [0, 0.1) is 0 Å². The second-order valence-corrected chi connectivity index (χ2v) is 21.7. The average Bonchev–Trinajstić information content (AvgIpc) is 4.43. The topological polar surface area (TPSA) is 16.4 Å². The smallest absolute Gasteiger partial charge is 0.143 e. The molecule has 2 spiro atoms. The molecule has 2 heteroatoms. The number of hydrogen-bond acceptors (Lipinski definition) is 2. The van der Waals surface area contributed by atoms with E-state index in [1.54, 1.807) is 0 Å². The fourth-order valence-corrected chi connectivity index (χ4v) is 15.3. The number of nitrogens with zero attached hydrogens (tertiary/aromatic N) is 1. The van der Waals surface area contributed by atoms with Crippen LogP contribution in [0.1, 0.15) is 44.5 Å². The molecule has 360 valence electrons. The molecule has 4 aliphatic carbocycles. The van der Waals surface area contributed by atoms with E-state index in [4.69, 9.17) is 4.42 Å². The largest absolute Gasteiger partial charge is 0.455 e. The second-order valence-electron chi connectivity index (χ2n) is 21.7. The first kappa shape index (κ1) is 42.2. The van der Waals surface area contributed by atoms with Gasteiger partial charge in [-0.3, -0.25) is 0 Å². The monoisotopic (exact) mass is 987 g/mol. The summed E-state index contributed by atoms with van der Waals surface area (Å²) in [4.78, 5) is 2.58. The third-order valence-corrected chi connectivity index (χ3v) is 18.3. The Hall–Kier alpha value is -10.0. The average molecular weight is 988 g/mol. The molecule has 0 saturated carbocycles. The van der Waals surface area contributed by atoms with E-state index >= 15 is 0 Å². The maximum atomic E-state index is 7.10. The molecule has 1 aromatic heterocycles. The molecule has 0 saturated heterocycles. The van der Waals surface area contributed by atoms with E-state index < -0.39 is 10.8 Å². The Morgan fingerprint density at radius 3 is 1.18 bits per heavy atom. The third kappa shape index (κ3) is 5.22. The maximum Gasteiger partial charge on any atom is 0.143 e. The summed E-state index contributed by atoms with van der Waals surface area (Å²) in [6, 6.07) is 103. The Morgan fingerprint density at radius 2 is 0.679 bits per heavy atom. The number of benzene rings is 13. The van der Waals surface area contributed by atoms with Gasteiger partial charge < -0.3 is 9.32 Å². The lowest BCUT2D eigenvalue weighted by Crippen LogP contribution is -2.26. The molecule has 0 atom stereocenters. The van der Waals surface area contributed by atoms with Gasteiger partial charge in [0.05, 0.1) is 16.5 Å². The van der Waals surface area contributed by atoms with E-state index in [0.717, 1.165) is 60.9 Å². The number of fused-ring (bicyclic) bond motifs is 26. The van der Waals surface area contributed by atoms with Crippen molar-refractivity contribution in [2.75, 3.05) is 4.90 Å². The molecule has 0 amide bonds. The first-order chi connectivity index (χ1) is 38.7. The first-order valence-electron chi connectivity index (χ1n) is 27.2. The van der Waals surface area contributed by atoms with Crippen LogP contribution in [-0.2, 0) is 10.8 Å². The van der Waals surface area contributed by atoms with Gasteiger partial charge in [-0.05, 0) is 153 Å². The van der Waals surface area contributed by atoms with E-state index in [2.05, 4.69) is 278 Å². The maximum absolute atomic E-state index is 7.10. The summed E-state index contributed by atoms with van der Waals surface area (Å²) in [6.45, 7) is 0. The molecule has 0 N–H and O–H groups in total. The standard InChI is InChI=1S/C76H45NO/c1-2-19-47-42-48(37-36-46(47)18-1)51-28-17-35-72-73(51)62-45-71(60-26-3-4-27-61(60)74(62)78-72)77(49-38-40-58-56-24-9-15-33-67(56)75(69(58)43-49)63-29-11-5-20-52(63)53-21-6-12-30-64(53)75)50-39-41-59-57-25-10-16-34-68(57)76(70(59)44-50)65-31-13-7-22-54(65)55-23-8-14-32-66(55)76/h1-45H. The van der Waals surface area contributed by atoms with Crippen molar-refractivity contribution in [1.82, 2.24) is 0 Å². The molecule has 14 aromatic rings. The van der Waals surface area contributed by atoms with Crippen LogP contribution in [0.15, 0.2) is 277 Å². The molecular weight excluding hydrogens is 943 g/mol. The van der Waals surface area contributed by atoms with Crippen molar-refractivity contribution in [3.8, 4) is 55.6 Å². The fourth-order valence-electron chi connectivity index (χ4n) is 15.3. The fraction of sp³-hybridized carbons (Fsp3) is 0.0263. The molecule has 0 radical (unpaired) electrons. The Bertz CT molecular complexity index is 4630. The van der Waals surface area contributed by atoms with Crippen molar-refractivity contribution in [3.05, 3.63) is 317 Å². The van der Waals surface area contributed by atoms with Crippen LogP contribution in [0.4, 0.5) is 17.1 Å². The highest BCUT2D eigenvalue weighted by Crippen LogP contribution is 2.66. The Labute approximate surface area is 451 Å². The minimum Gasteiger partial charge on any atom is -0.455 e. The molecule has 0 fully saturated rings. The third-order valence-electron chi connectivity index (χ3n) is 18.3. The van der Waals surface area contributed by atoms with Gasteiger partial charge >= 0.3 is 0 Å². The van der Waals surface area contributed by atoms with Gasteiger partial charge in [-0.25, -0.2) is 0 Å². The molecule has 18 rings (SSSR count). The molecule has 2 nitrogen and oxygen atoms in total. The zero-order chi connectivity index (χ0) is 50.8. The number of anilines is 3. The zero-order valence-electron chi connectivity index (χ0n) is 42.3. The molecule has 0 unspecified atom stereocenters. The Balaban J connectivity index is 0.957. The lowest BCUT2D eigenvalue weighted by Gasteiger charge is -2.34. The molecular formula is C76H45NO. The predicted molar refractivity (Wildman–Crippen MR) is 321 cm³/mol. The van der Waals surface area contributed by atoms with Crippen LogP contribution in [0.2, 0.25) is 0 Å². The number of rotatable bonds is 4. The summed E-state index contributed by atoms with van der Waals surface area (Å²) in [6.07, 6.45) is 0. The summed E-state index contributed by atoms with van der Waals surface area (Å²) in [5, 5.41) is 6.82. The molecule has 13 aromatic carbocycles. The van der Waals surface area contributed by atoms with Crippen LogP contribution in [0.3, 0.4) is 0 Å². The normalized spacial score (nSPS) is 14.1. The van der Waals surface area contributed by atoms with Crippen LogP contribution >= 0.6 is 0 Å². The Kier molecular flexibility index (Phi) is 8.29. The Morgan fingerprint density at radius 1 is 0.269 bits per heavy atom. The predicted octanol–water partition coefficient (Wildman–Crippen LogP) is 19.7. The minimum absolute atomic E-state index is 0.525. The van der Waals surface area contributed by atoms with Crippen LogP contribution in [0.5, 0.6) is 0 Å². The molecule has 1 heterocycles. The van der Waals surface area contributed by atoms with Gasteiger partial charge in [0.2, 0.25) is 0 Å². The SMILES string of the molecule is c1ccc2c(c1)-c1ccccc1C21c2ccccc2-c2ccc(N(c3ccc4c(c3)C3(c5ccccc5-c5ccccc53)c3ccccc3-4)c3cc4c(oc5cccc(-c6ccc7ccccc7c6)c54)c4ccccc34)cc21. The quantitative estimate of drug-likeness (QED) is 0.175. The molecule has 78 heavy (non-hydrogen) atoms. The highest BCUT2D eigenvalue weighted by molar-refractivity contribution is 6.23. The number of hydrogen-bond donors (Lipinski definition) is 0. The van der Waals surface area contributed by atoms with Crippen molar-refractivity contribution >= 4 is 60.5 Å². The summed E-state index contributed by atoms with van der Waals surface area (Å²) < 4.78 is 7.10. The molecule has 0 aliphatic heterocycles. The van der Waals surface area contributed by atoms with Crippen molar-refractivity contribution in [2.45, 2.75) is 10.8 Å². The zero-order valence-corrected chi connectivity index (χ0v) is 42.3. The summed E-state index contributed by atoms with van der Waals surface area (Å²) in [5.41, 5.74) is 27.1. The van der Waals surface area contributed by atoms with E-state index in [9.17, 15) is 0 Å². The van der Waals surface area contributed by atoms with Crippen molar-refractivity contribution < 1.29 is 4.42 Å². The highest BCUT2D eigenvalue weighted by Gasteiger charge is 2.53. The minimum atomic E-state index is -0.525. The van der Waals surface area contributed by atoms with E-state index in [1.165, 1.54) is 99.8 Å². The van der Waals surface area contributed by atoms with Crippen LogP contribution in [-0.4, -0.2) is 0 Å². The summed E-state index contributed by atoms with van der Waals surface area (Å²) in [5.74, 6) is 0. The van der Waals surface area contributed by atoms with Gasteiger partial charge in [-0.1, -0.05) is 231 Å². The van der Waals surface area contributed by atoms with Gasteiger partial charge in [0.1, 0.15) is 11.2 Å². The van der Waals surface area contributed by atoms with E-state index in [-0.39, 0.29) is 0 Å². The van der Waals surface area contributed by atoms with Crippen molar-refractivity contribution in [3.63, 3.8) is 0 Å². The van der Waals surface area contributed by atoms with E-state index in [1.807, 2.05) is 0 Å². The van der Waals surface area contributed by atoms with Gasteiger partial charge in [0.25, 0.3) is 0 Å². The molecule has 4 aliphatic rings. The van der Waals surface area contributed by atoms with Crippen LogP contribution in [0.25, 0.3) is 99.1 Å². The van der Waals surface area contributed by atoms with Crippen molar-refractivity contribution in [1.29, 1.82) is 0 Å². The van der Waals surface area contributed by atoms with E-state index in [0.29, 0.717) is 0 Å². The lowest BCUT2D eigenvalue weighted by molar-refractivity contribution is 0.673. The van der Waals surface area contributed by atoms with Crippen molar-refractivity contribution in [2.24, 2.45) is 0 Å². The second kappa shape index (κ2) is 15.3. The summed E-state index contributed by atoms with van der Waals surface area (Å²) >= 11 is 0. The molecule has 0 bridgehead atoms. The van der Waals surface area contributed by atoms with Gasteiger partial charge in [-0.15, -0.1) is 0 Å². The first-order valence-corrected chi connectivity index (χ1v) is 27.2. The number of furan rings is 1. The van der Waals surface area contributed by atoms with Gasteiger partial charge in [0, 0.05) is 32.9 Å². The van der Waals surface area contributed by atoms with Gasteiger partial charge in [0.15, 0.2) is 0 Å². The lowest BCUT2D eigenvalue weighted by atomic mass is 9.70. The highest BCUT2D eigenvalue weighted by atomic mass is 16.3.